The summed E-state index contributed by atoms with van der Waals surface area (Å²) in [6, 6.07) is 5.33. The third kappa shape index (κ3) is 2.90. The van der Waals surface area contributed by atoms with Gasteiger partial charge in [-0.25, -0.2) is 13.4 Å². The molecule has 2 aromatic rings. The van der Waals surface area contributed by atoms with E-state index in [2.05, 4.69) is 25.6 Å². The Morgan fingerprint density at radius 3 is 2.67 bits per heavy atom. The number of rotatable bonds is 3. The van der Waals surface area contributed by atoms with Crippen molar-refractivity contribution in [2.45, 2.75) is 18.7 Å². The van der Waals surface area contributed by atoms with Crippen molar-refractivity contribution in [2.75, 3.05) is 4.72 Å². The van der Waals surface area contributed by atoms with Crippen LogP contribution in [0.4, 0.5) is 5.13 Å². The number of anilines is 1. The molecule has 0 aliphatic heterocycles. The molecule has 0 fully saturated rings. The zero-order chi connectivity index (χ0) is 13.3. The fourth-order valence-corrected chi connectivity index (χ4v) is 4.15. The molecule has 1 aromatic heterocycles. The zero-order valence-electron chi connectivity index (χ0n) is 9.77. The largest absolute Gasteiger partial charge is 0.263 e. The normalized spacial score (nSPS) is 11.5. The molecular formula is C11H11BrN2O2S2. The van der Waals surface area contributed by atoms with Gasteiger partial charge < -0.3 is 0 Å². The van der Waals surface area contributed by atoms with E-state index in [1.165, 1.54) is 11.3 Å². The van der Waals surface area contributed by atoms with Crippen molar-refractivity contribution in [2.24, 2.45) is 0 Å². The second kappa shape index (κ2) is 4.99. The molecule has 96 valence electrons. The van der Waals surface area contributed by atoms with Crippen LogP contribution in [0.2, 0.25) is 0 Å². The van der Waals surface area contributed by atoms with Crippen LogP contribution in [0.3, 0.4) is 0 Å². The number of nitrogens with zero attached hydrogens (tertiary/aromatic N) is 1. The summed E-state index contributed by atoms with van der Waals surface area (Å²) in [6.07, 6.45) is 1.56. The van der Waals surface area contributed by atoms with Gasteiger partial charge in [-0.1, -0.05) is 23.5 Å². The standard InChI is InChI=1S/C11H11BrN2O2S2/c1-7-3-4-8(2)9(5-7)18(15,16)14-11-13-6-10(12)17-11/h3-6H,1-2H3,(H,13,14). The van der Waals surface area contributed by atoms with Gasteiger partial charge in [0.05, 0.1) is 14.9 Å². The van der Waals surface area contributed by atoms with Gasteiger partial charge in [-0.15, -0.1) is 0 Å². The van der Waals surface area contributed by atoms with Crippen molar-refractivity contribution in [1.82, 2.24) is 4.98 Å². The van der Waals surface area contributed by atoms with Gasteiger partial charge in [0.2, 0.25) is 0 Å². The number of sulfonamides is 1. The van der Waals surface area contributed by atoms with Crippen LogP contribution < -0.4 is 4.72 Å². The Morgan fingerprint density at radius 1 is 1.33 bits per heavy atom. The molecule has 0 unspecified atom stereocenters. The van der Waals surface area contributed by atoms with Crippen molar-refractivity contribution in [3.63, 3.8) is 0 Å². The third-order valence-corrected chi connectivity index (χ3v) is 5.33. The molecule has 0 bridgehead atoms. The molecule has 0 aliphatic carbocycles. The average molecular weight is 347 g/mol. The minimum absolute atomic E-state index is 0.286. The first-order valence-electron chi connectivity index (χ1n) is 5.10. The van der Waals surface area contributed by atoms with Gasteiger partial charge >= 0.3 is 0 Å². The smallest absolute Gasteiger partial charge is 0.255 e. The highest BCUT2D eigenvalue weighted by atomic mass is 79.9. The molecule has 7 heteroatoms. The van der Waals surface area contributed by atoms with Crippen LogP contribution in [0.5, 0.6) is 0 Å². The van der Waals surface area contributed by atoms with Crippen molar-refractivity contribution in [1.29, 1.82) is 0 Å². The summed E-state index contributed by atoms with van der Waals surface area (Å²) in [5, 5.41) is 0.350. The molecule has 2 rings (SSSR count). The van der Waals surface area contributed by atoms with Crippen molar-refractivity contribution in [3.05, 3.63) is 39.3 Å². The first kappa shape index (κ1) is 13.5. The predicted octanol–water partition coefficient (Wildman–Crippen LogP) is 3.32. The first-order chi connectivity index (χ1) is 8.38. The summed E-state index contributed by atoms with van der Waals surface area (Å²) in [5.41, 5.74) is 1.62. The molecule has 1 heterocycles. The number of hydrogen-bond donors (Lipinski definition) is 1. The molecular weight excluding hydrogens is 336 g/mol. The van der Waals surface area contributed by atoms with Crippen LogP contribution in [0, 0.1) is 13.8 Å². The lowest BCUT2D eigenvalue weighted by Crippen LogP contribution is -2.14. The molecule has 0 aliphatic rings. The lowest BCUT2D eigenvalue weighted by atomic mass is 10.2. The molecule has 0 saturated carbocycles. The van der Waals surface area contributed by atoms with Crippen LogP contribution in [-0.4, -0.2) is 13.4 Å². The summed E-state index contributed by atoms with van der Waals surface area (Å²) in [4.78, 5) is 4.25. The van der Waals surface area contributed by atoms with Crippen LogP contribution in [0.25, 0.3) is 0 Å². The van der Waals surface area contributed by atoms with Gasteiger partial charge in [-0.3, -0.25) is 4.72 Å². The number of thiazole rings is 1. The van der Waals surface area contributed by atoms with Crippen LogP contribution >= 0.6 is 27.3 Å². The number of aryl methyl sites for hydroxylation is 2. The van der Waals surface area contributed by atoms with E-state index in [0.717, 1.165) is 9.35 Å². The highest BCUT2D eigenvalue weighted by Crippen LogP contribution is 2.26. The summed E-state index contributed by atoms with van der Waals surface area (Å²) >= 11 is 4.48. The van der Waals surface area contributed by atoms with Crippen molar-refractivity contribution < 1.29 is 8.42 Å². The summed E-state index contributed by atoms with van der Waals surface area (Å²) < 4.78 is 27.7. The predicted molar refractivity (Wildman–Crippen MR) is 76.5 cm³/mol. The molecule has 1 aromatic carbocycles. The van der Waals surface area contributed by atoms with E-state index >= 15 is 0 Å². The SMILES string of the molecule is Cc1ccc(C)c(S(=O)(=O)Nc2ncc(Br)s2)c1. The zero-order valence-corrected chi connectivity index (χ0v) is 13.0. The monoisotopic (exact) mass is 346 g/mol. The summed E-state index contributed by atoms with van der Waals surface area (Å²) in [7, 11) is -3.58. The minimum atomic E-state index is -3.58. The fourth-order valence-electron chi connectivity index (χ4n) is 1.47. The maximum absolute atomic E-state index is 12.2. The Hall–Kier alpha value is -0.920. The van der Waals surface area contributed by atoms with Gasteiger partial charge in [0.1, 0.15) is 0 Å². The lowest BCUT2D eigenvalue weighted by molar-refractivity contribution is 0.600. The quantitative estimate of drug-likeness (QED) is 0.927. The second-order valence-corrected chi connectivity index (χ2v) is 7.90. The summed E-state index contributed by atoms with van der Waals surface area (Å²) in [5.74, 6) is 0. The van der Waals surface area contributed by atoms with E-state index < -0.39 is 10.0 Å². The van der Waals surface area contributed by atoms with Gasteiger partial charge in [0, 0.05) is 0 Å². The van der Waals surface area contributed by atoms with E-state index in [4.69, 9.17) is 0 Å². The molecule has 0 atom stereocenters. The van der Waals surface area contributed by atoms with Crippen molar-refractivity contribution >= 4 is 42.4 Å². The van der Waals surface area contributed by atoms with Gasteiger partial charge in [-0.05, 0) is 47.0 Å². The van der Waals surface area contributed by atoms with Crippen LogP contribution in [-0.2, 0) is 10.0 Å². The number of halogens is 1. The molecule has 18 heavy (non-hydrogen) atoms. The molecule has 0 radical (unpaired) electrons. The molecule has 0 amide bonds. The van der Waals surface area contributed by atoms with Crippen molar-refractivity contribution in [3.8, 4) is 0 Å². The van der Waals surface area contributed by atoms with Gasteiger partial charge in [-0.2, -0.15) is 0 Å². The number of nitrogens with one attached hydrogen (secondary N) is 1. The summed E-state index contributed by atoms with van der Waals surface area (Å²) in [6.45, 7) is 3.63. The maximum Gasteiger partial charge on any atom is 0.263 e. The molecule has 4 nitrogen and oxygen atoms in total. The highest BCUT2D eigenvalue weighted by molar-refractivity contribution is 9.11. The lowest BCUT2D eigenvalue weighted by Gasteiger charge is -2.08. The molecule has 0 spiro atoms. The van der Waals surface area contributed by atoms with Gasteiger partial charge in [0.25, 0.3) is 10.0 Å². The Balaban J connectivity index is 2.39. The van der Waals surface area contributed by atoms with Gasteiger partial charge in [0.15, 0.2) is 5.13 Å². The Bertz CT molecular complexity index is 680. The Morgan fingerprint density at radius 2 is 2.06 bits per heavy atom. The molecule has 1 N–H and O–H groups in total. The topological polar surface area (TPSA) is 59.1 Å². The Labute approximate surface area is 118 Å². The Kier molecular flexibility index (Phi) is 3.74. The van der Waals surface area contributed by atoms with E-state index in [1.807, 2.05) is 13.0 Å². The number of benzene rings is 1. The van der Waals surface area contributed by atoms with E-state index in [-0.39, 0.29) is 4.90 Å². The third-order valence-electron chi connectivity index (χ3n) is 2.33. The van der Waals surface area contributed by atoms with E-state index in [0.29, 0.717) is 10.7 Å². The number of hydrogen-bond acceptors (Lipinski definition) is 4. The fraction of sp³-hybridized carbons (Fsp3) is 0.182. The minimum Gasteiger partial charge on any atom is -0.255 e. The van der Waals surface area contributed by atoms with Crippen LogP contribution in [0.1, 0.15) is 11.1 Å². The van der Waals surface area contributed by atoms with E-state index in [1.54, 1.807) is 25.3 Å². The molecule has 0 saturated heterocycles. The second-order valence-electron chi connectivity index (χ2n) is 3.84. The maximum atomic E-state index is 12.2. The first-order valence-corrected chi connectivity index (χ1v) is 8.19. The number of aromatic nitrogens is 1. The van der Waals surface area contributed by atoms with E-state index in [9.17, 15) is 8.42 Å². The average Bonchev–Trinajstić information content (AvgIpc) is 2.66. The highest BCUT2D eigenvalue weighted by Gasteiger charge is 2.18. The van der Waals surface area contributed by atoms with Crippen LogP contribution in [0.15, 0.2) is 33.1 Å².